The number of aliphatic hydroxyl groups is 1. The molecule has 8 heteroatoms. The number of nitrogens with zero attached hydrogens (tertiary/aromatic N) is 2. The van der Waals surface area contributed by atoms with Gasteiger partial charge in [-0.2, -0.15) is 0 Å². The van der Waals surface area contributed by atoms with E-state index >= 15 is 0 Å². The Morgan fingerprint density at radius 1 is 0.333 bits per heavy atom. The van der Waals surface area contributed by atoms with Gasteiger partial charge in [0.2, 0.25) is 5.91 Å². The van der Waals surface area contributed by atoms with Crippen LogP contribution >= 0.6 is 0 Å². The Hall–Kier alpha value is -1.67. The van der Waals surface area contributed by atoms with Gasteiger partial charge in [-0.05, 0) is 109 Å². The minimum absolute atomic E-state index is 0.00394. The fraction of sp³-hybridized carbons (Fsp3) is 0.953. The Bertz CT molecular complexity index is 1070. The second-order valence-corrected chi connectivity index (χ2v) is 22.5. The van der Waals surface area contributed by atoms with Crippen molar-refractivity contribution in [1.82, 2.24) is 9.80 Å². The van der Waals surface area contributed by atoms with Crippen molar-refractivity contribution >= 4 is 17.8 Å². The molecule has 2 unspecified atom stereocenters. The lowest BCUT2D eigenvalue weighted by Gasteiger charge is -2.24. The summed E-state index contributed by atoms with van der Waals surface area (Å²) < 4.78 is 11.8. The van der Waals surface area contributed by atoms with Gasteiger partial charge < -0.3 is 24.4 Å². The summed E-state index contributed by atoms with van der Waals surface area (Å²) in [6.07, 6.45) is 53.3. The molecule has 0 radical (unpaired) electrons. The van der Waals surface area contributed by atoms with Gasteiger partial charge in [-0.1, -0.05) is 234 Å². The second-order valence-electron chi connectivity index (χ2n) is 22.5. The third-order valence-corrected chi connectivity index (χ3v) is 15.4. The minimum Gasteiger partial charge on any atom is -0.465 e. The van der Waals surface area contributed by atoms with Gasteiger partial charge in [0.25, 0.3) is 0 Å². The van der Waals surface area contributed by atoms with Gasteiger partial charge in [0, 0.05) is 39.0 Å². The van der Waals surface area contributed by atoms with E-state index < -0.39 is 0 Å². The third kappa shape index (κ3) is 49.2. The molecule has 0 aromatic heterocycles. The van der Waals surface area contributed by atoms with Crippen molar-refractivity contribution in [2.24, 2.45) is 11.8 Å². The molecule has 0 rings (SSSR count). The molecule has 72 heavy (non-hydrogen) atoms. The molecule has 8 nitrogen and oxygen atoms in total. The van der Waals surface area contributed by atoms with E-state index in [-0.39, 0.29) is 24.5 Å². The minimum atomic E-state index is -0.00394. The largest absolute Gasteiger partial charge is 0.465 e. The van der Waals surface area contributed by atoms with Gasteiger partial charge in [-0.3, -0.25) is 14.4 Å². The Kier molecular flexibility index (Phi) is 55.7. The first-order valence-corrected chi connectivity index (χ1v) is 32.3. The van der Waals surface area contributed by atoms with Crippen LogP contribution in [-0.2, 0) is 23.9 Å². The van der Waals surface area contributed by atoms with Crippen LogP contribution in [0.1, 0.15) is 330 Å². The quantitative estimate of drug-likeness (QED) is 0.0479. The molecule has 0 heterocycles. The number of amides is 1. The Labute approximate surface area is 449 Å². The van der Waals surface area contributed by atoms with Gasteiger partial charge in [-0.25, -0.2) is 0 Å². The molecule has 0 aromatic rings. The van der Waals surface area contributed by atoms with Crippen molar-refractivity contribution in [1.29, 1.82) is 0 Å². The highest BCUT2D eigenvalue weighted by Gasteiger charge is 2.16. The summed E-state index contributed by atoms with van der Waals surface area (Å²) in [6, 6.07) is 0. The Morgan fingerprint density at radius 3 is 0.986 bits per heavy atom. The molecule has 2 atom stereocenters. The molecule has 0 aliphatic carbocycles. The smallest absolute Gasteiger partial charge is 0.305 e. The normalized spacial score (nSPS) is 12.4. The maximum Gasteiger partial charge on any atom is 0.305 e. The van der Waals surface area contributed by atoms with Gasteiger partial charge in [0.15, 0.2) is 0 Å². The molecule has 0 aliphatic rings. The first-order valence-electron chi connectivity index (χ1n) is 32.3. The van der Waals surface area contributed by atoms with Crippen LogP contribution in [-0.4, -0.2) is 85.3 Å². The van der Waals surface area contributed by atoms with E-state index in [0.29, 0.717) is 57.3 Å². The molecule has 1 amide bonds. The molecule has 0 spiro atoms. The van der Waals surface area contributed by atoms with Crippen molar-refractivity contribution in [3.63, 3.8) is 0 Å². The fourth-order valence-corrected chi connectivity index (χ4v) is 10.4. The van der Waals surface area contributed by atoms with Crippen LogP contribution in [0.15, 0.2) is 0 Å². The number of aliphatic hydroxyl groups excluding tert-OH is 1. The molecule has 0 aromatic carbocycles. The number of hydrogen-bond acceptors (Lipinski definition) is 7. The topological polar surface area (TPSA) is 96.4 Å². The molecule has 0 saturated heterocycles. The first kappa shape index (κ1) is 70.3. The lowest BCUT2D eigenvalue weighted by Crippen LogP contribution is -2.33. The first-order chi connectivity index (χ1) is 35.3. The Morgan fingerprint density at radius 2 is 0.611 bits per heavy atom. The molecule has 0 fully saturated rings. The van der Waals surface area contributed by atoms with Gasteiger partial charge in [0.1, 0.15) is 0 Å². The van der Waals surface area contributed by atoms with Crippen LogP contribution in [0.5, 0.6) is 0 Å². The number of hydrogen-bond donors (Lipinski definition) is 1. The maximum absolute atomic E-state index is 13.3. The summed E-state index contributed by atoms with van der Waals surface area (Å²) in [7, 11) is 0. The molecule has 0 aliphatic heterocycles. The fourth-order valence-electron chi connectivity index (χ4n) is 10.4. The van der Waals surface area contributed by atoms with Crippen LogP contribution in [0.3, 0.4) is 0 Å². The number of carbonyl (C=O) groups excluding carboxylic acids is 3. The van der Waals surface area contributed by atoms with E-state index in [9.17, 15) is 19.5 Å². The van der Waals surface area contributed by atoms with E-state index in [1.54, 1.807) is 0 Å². The lowest BCUT2D eigenvalue weighted by atomic mass is 9.95. The molecule has 0 bridgehead atoms. The highest BCUT2D eigenvalue weighted by Crippen LogP contribution is 2.22. The number of esters is 2. The third-order valence-electron chi connectivity index (χ3n) is 15.4. The zero-order valence-electron chi connectivity index (χ0n) is 49.2. The van der Waals surface area contributed by atoms with Crippen molar-refractivity contribution in [3.05, 3.63) is 0 Å². The molecule has 428 valence electrons. The van der Waals surface area contributed by atoms with Crippen molar-refractivity contribution in [2.75, 3.05) is 52.5 Å². The van der Waals surface area contributed by atoms with Crippen LogP contribution < -0.4 is 0 Å². The molecular weight excluding hydrogens is 893 g/mol. The number of carbonyl (C=O) groups is 3. The number of ether oxygens (including phenoxy) is 2. The number of rotatable bonds is 59. The van der Waals surface area contributed by atoms with Crippen LogP contribution in [0.2, 0.25) is 0 Å². The summed E-state index contributed by atoms with van der Waals surface area (Å²) in [6.45, 7) is 17.3. The zero-order valence-corrected chi connectivity index (χ0v) is 49.2. The summed E-state index contributed by atoms with van der Waals surface area (Å²) in [5, 5.41) is 9.50. The highest BCUT2D eigenvalue weighted by atomic mass is 16.5. The second kappa shape index (κ2) is 57.0. The standard InChI is InChI=1S/C64H126N2O6/c1-6-11-16-21-26-35-47-60(45-33-19-14-9-4)58-71-63(69)50-37-28-24-30-40-52-65(54-43-39-49-62(68)66(56-44-57-67)55-42-32-23-18-13-8-3)53-41-31-25-29-38-51-64(70)72-59-61(46-34-20-15-10-5)48-36-27-22-17-12-7-2/h60-61,67H,6-59H2,1-5H3. The van der Waals surface area contributed by atoms with Crippen molar-refractivity contribution in [2.45, 2.75) is 330 Å². The number of unbranched alkanes of at least 4 members (excludes halogenated alkanes) is 30. The summed E-state index contributed by atoms with van der Waals surface area (Å²) in [5.41, 5.74) is 0. The van der Waals surface area contributed by atoms with Crippen molar-refractivity contribution in [3.8, 4) is 0 Å². The summed E-state index contributed by atoms with van der Waals surface area (Å²) in [5.74, 6) is 1.28. The molecule has 0 saturated carbocycles. The van der Waals surface area contributed by atoms with Crippen LogP contribution in [0.4, 0.5) is 0 Å². The average molecular weight is 1020 g/mol. The van der Waals surface area contributed by atoms with Gasteiger partial charge >= 0.3 is 11.9 Å². The maximum atomic E-state index is 13.3. The van der Waals surface area contributed by atoms with Crippen LogP contribution in [0.25, 0.3) is 0 Å². The van der Waals surface area contributed by atoms with E-state index in [1.807, 2.05) is 4.90 Å². The lowest BCUT2D eigenvalue weighted by molar-refractivity contribution is -0.146. The summed E-state index contributed by atoms with van der Waals surface area (Å²) in [4.78, 5) is 43.5. The monoisotopic (exact) mass is 1020 g/mol. The van der Waals surface area contributed by atoms with E-state index in [4.69, 9.17) is 9.47 Å². The van der Waals surface area contributed by atoms with Crippen molar-refractivity contribution < 1.29 is 29.0 Å². The predicted octanol–water partition coefficient (Wildman–Crippen LogP) is 18.5. The summed E-state index contributed by atoms with van der Waals surface area (Å²) >= 11 is 0. The zero-order chi connectivity index (χ0) is 52.6. The van der Waals surface area contributed by atoms with E-state index in [2.05, 4.69) is 39.5 Å². The molecule has 1 N–H and O–H groups in total. The average Bonchev–Trinajstić information content (AvgIpc) is 3.38. The van der Waals surface area contributed by atoms with E-state index in [1.165, 1.54) is 199 Å². The SMILES string of the molecule is CCCCCCCCC(CCCCCC)COC(=O)CCCCCCCN(CCCCCCCC(=O)OCC(CCCCCC)CCCCCCCC)CCCCC(=O)N(CCCO)CCCCCCCC. The van der Waals surface area contributed by atoms with Gasteiger partial charge in [0.05, 0.1) is 13.2 Å². The highest BCUT2D eigenvalue weighted by molar-refractivity contribution is 5.76. The van der Waals surface area contributed by atoms with Gasteiger partial charge in [-0.15, -0.1) is 0 Å². The Balaban J connectivity index is 4.91. The van der Waals surface area contributed by atoms with E-state index in [0.717, 1.165) is 96.8 Å². The predicted molar refractivity (Wildman–Crippen MR) is 310 cm³/mol. The van der Waals surface area contributed by atoms with Crippen LogP contribution in [0, 0.1) is 11.8 Å². The molecular formula is C64H126N2O6.